The molecule has 0 saturated carbocycles. The summed E-state index contributed by atoms with van der Waals surface area (Å²) in [6.45, 7) is 7.27. The molecule has 0 aliphatic heterocycles. The molecule has 2 atom stereocenters. The Kier molecular flexibility index (Phi) is 17.5. The van der Waals surface area contributed by atoms with E-state index in [1.807, 2.05) is 20.8 Å². The SMILES string of the molecule is CCCC[C@H](NC(=O)CNC(=O)CNC(C)=O)C(=O)NCC(=O)NC(CC(C)C)C(=O)N(CCC)CC(=O)O. The van der Waals surface area contributed by atoms with Crippen LogP contribution in [0.25, 0.3) is 0 Å². The maximum atomic E-state index is 13.0. The quantitative estimate of drug-likeness (QED) is 0.115. The summed E-state index contributed by atoms with van der Waals surface area (Å²) in [5.74, 6) is -4.49. The first kappa shape index (κ1) is 35.3. The van der Waals surface area contributed by atoms with Crippen molar-refractivity contribution in [3.63, 3.8) is 0 Å². The van der Waals surface area contributed by atoms with E-state index in [2.05, 4.69) is 26.6 Å². The molecule has 1 unspecified atom stereocenters. The van der Waals surface area contributed by atoms with E-state index in [0.29, 0.717) is 19.3 Å². The first-order chi connectivity index (χ1) is 18.3. The minimum Gasteiger partial charge on any atom is -0.480 e. The molecule has 39 heavy (non-hydrogen) atoms. The van der Waals surface area contributed by atoms with Crippen molar-refractivity contribution in [2.75, 3.05) is 32.7 Å². The fourth-order valence-corrected chi connectivity index (χ4v) is 3.52. The summed E-state index contributed by atoms with van der Waals surface area (Å²) in [6.07, 6.45) is 2.48. The van der Waals surface area contributed by atoms with Crippen LogP contribution in [0.4, 0.5) is 0 Å². The monoisotopic (exact) mass is 556 g/mol. The van der Waals surface area contributed by atoms with Crippen LogP contribution >= 0.6 is 0 Å². The van der Waals surface area contributed by atoms with Gasteiger partial charge in [-0.1, -0.05) is 40.5 Å². The predicted octanol–water partition coefficient (Wildman–Crippen LogP) is -1.12. The Hall–Kier alpha value is -3.71. The molecule has 0 spiro atoms. The van der Waals surface area contributed by atoms with Crippen LogP contribution in [-0.2, 0) is 33.6 Å². The van der Waals surface area contributed by atoms with Crippen LogP contribution in [0.3, 0.4) is 0 Å². The zero-order valence-electron chi connectivity index (χ0n) is 23.6. The van der Waals surface area contributed by atoms with Crippen molar-refractivity contribution in [1.82, 2.24) is 31.5 Å². The number of hydrogen-bond acceptors (Lipinski definition) is 7. The van der Waals surface area contributed by atoms with Crippen molar-refractivity contribution in [3.8, 4) is 0 Å². The number of amides is 6. The molecule has 14 heteroatoms. The molecule has 0 rings (SSSR count). The number of carbonyl (C=O) groups excluding carboxylic acids is 6. The van der Waals surface area contributed by atoms with Crippen LogP contribution in [0.1, 0.15) is 66.7 Å². The van der Waals surface area contributed by atoms with Gasteiger partial charge < -0.3 is 36.6 Å². The third kappa shape index (κ3) is 16.7. The zero-order chi connectivity index (χ0) is 30.0. The molecule has 6 N–H and O–H groups in total. The predicted molar refractivity (Wildman–Crippen MR) is 142 cm³/mol. The van der Waals surface area contributed by atoms with Crippen LogP contribution in [-0.4, -0.2) is 96.2 Å². The van der Waals surface area contributed by atoms with Crippen LogP contribution in [0.5, 0.6) is 0 Å². The Labute approximate surface area is 229 Å². The first-order valence-electron chi connectivity index (χ1n) is 13.2. The van der Waals surface area contributed by atoms with E-state index in [0.717, 1.165) is 6.42 Å². The third-order valence-corrected chi connectivity index (χ3v) is 5.34. The maximum Gasteiger partial charge on any atom is 0.323 e. The van der Waals surface area contributed by atoms with Crippen molar-refractivity contribution in [1.29, 1.82) is 0 Å². The molecular weight excluding hydrogens is 512 g/mol. The van der Waals surface area contributed by atoms with Crippen LogP contribution < -0.4 is 26.6 Å². The molecule has 0 saturated heterocycles. The molecule has 0 heterocycles. The minimum atomic E-state index is -1.16. The number of carboxylic acid groups (broad SMARTS) is 1. The molecule has 0 aromatic heterocycles. The average molecular weight is 557 g/mol. The molecule has 222 valence electrons. The van der Waals surface area contributed by atoms with Gasteiger partial charge in [-0.2, -0.15) is 0 Å². The van der Waals surface area contributed by atoms with E-state index in [1.165, 1.54) is 11.8 Å². The number of hydrogen-bond donors (Lipinski definition) is 6. The molecule has 0 aliphatic rings. The van der Waals surface area contributed by atoms with Gasteiger partial charge in [0.1, 0.15) is 18.6 Å². The van der Waals surface area contributed by atoms with Gasteiger partial charge in [-0.15, -0.1) is 0 Å². The molecule has 6 amide bonds. The standard InChI is InChI=1S/C25H44N6O8/c1-6-8-9-18(29-21(34)13-27-20(33)12-26-17(5)32)24(38)28-14-22(35)30-19(11-16(3)4)25(39)31(10-7-2)15-23(36)37/h16,18-19H,6-15H2,1-5H3,(H,26,32)(H,27,33)(H,28,38)(H,29,34)(H,30,35)(H,36,37)/t18-,19?/m0/s1. The minimum absolute atomic E-state index is 0.0227. The Morgan fingerprint density at radius 3 is 1.85 bits per heavy atom. The van der Waals surface area contributed by atoms with E-state index in [9.17, 15) is 33.6 Å². The second-order valence-corrected chi connectivity index (χ2v) is 9.57. The van der Waals surface area contributed by atoms with Crippen LogP contribution in [0.15, 0.2) is 0 Å². The smallest absolute Gasteiger partial charge is 0.323 e. The summed E-state index contributed by atoms with van der Waals surface area (Å²) in [5, 5.41) is 21.3. The van der Waals surface area contributed by atoms with E-state index in [-0.39, 0.29) is 25.4 Å². The fraction of sp³-hybridized carbons (Fsp3) is 0.720. The summed E-state index contributed by atoms with van der Waals surface area (Å²) >= 11 is 0. The summed E-state index contributed by atoms with van der Waals surface area (Å²) in [4.78, 5) is 85.5. The summed E-state index contributed by atoms with van der Waals surface area (Å²) in [7, 11) is 0. The Bertz CT molecular complexity index is 864. The van der Waals surface area contributed by atoms with Gasteiger partial charge in [-0.05, 0) is 25.2 Å². The van der Waals surface area contributed by atoms with Gasteiger partial charge in [-0.3, -0.25) is 33.6 Å². The van der Waals surface area contributed by atoms with Gasteiger partial charge in [0.15, 0.2) is 0 Å². The van der Waals surface area contributed by atoms with Gasteiger partial charge in [0, 0.05) is 13.5 Å². The average Bonchev–Trinajstić information content (AvgIpc) is 2.85. The second-order valence-electron chi connectivity index (χ2n) is 9.57. The number of unbranched alkanes of at least 4 members (excludes halogenated alkanes) is 1. The number of nitrogens with one attached hydrogen (secondary N) is 5. The van der Waals surface area contributed by atoms with Gasteiger partial charge in [0.2, 0.25) is 35.4 Å². The van der Waals surface area contributed by atoms with E-state index in [4.69, 9.17) is 5.11 Å². The lowest BCUT2D eigenvalue weighted by atomic mass is 10.0. The highest BCUT2D eigenvalue weighted by Crippen LogP contribution is 2.09. The first-order valence-corrected chi connectivity index (χ1v) is 13.2. The third-order valence-electron chi connectivity index (χ3n) is 5.34. The molecular formula is C25H44N6O8. The molecule has 0 aromatic rings. The Morgan fingerprint density at radius 2 is 1.33 bits per heavy atom. The maximum absolute atomic E-state index is 13.0. The van der Waals surface area contributed by atoms with Crippen molar-refractivity contribution in [2.45, 2.75) is 78.8 Å². The molecule has 14 nitrogen and oxygen atoms in total. The van der Waals surface area contributed by atoms with Gasteiger partial charge >= 0.3 is 5.97 Å². The molecule has 0 aromatic carbocycles. The van der Waals surface area contributed by atoms with Gasteiger partial charge in [-0.25, -0.2) is 0 Å². The summed E-state index contributed by atoms with van der Waals surface area (Å²) in [5.41, 5.74) is 0. The topological polar surface area (TPSA) is 203 Å². The van der Waals surface area contributed by atoms with E-state index < -0.39 is 73.1 Å². The van der Waals surface area contributed by atoms with Gasteiger partial charge in [0.25, 0.3) is 0 Å². The van der Waals surface area contributed by atoms with E-state index in [1.54, 1.807) is 6.92 Å². The van der Waals surface area contributed by atoms with Crippen molar-refractivity contribution >= 4 is 41.4 Å². The number of rotatable bonds is 19. The lowest BCUT2D eigenvalue weighted by Gasteiger charge is -2.27. The van der Waals surface area contributed by atoms with E-state index >= 15 is 0 Å². The summed E-state index contributed by atoms with van der Waals surface area (Å²) in [6, 6.07) is -1.92. The van der Waals surface area contributed by atoms with Crippen LogP contribution in [0, 0.1) is 5.92 Å². The van der Waals surface area contributed by atoms with Crippen LogP contribution in [0.2, 0.25) is 0 Å². The second kappa shape index (κ2) is 19.4. The highest BCUT2D eigenvalue weighted by atomic mass is 16.4. The lowest BCUT2D eigenvalue weighted by molar-refractivity contribution is -0.146. The normalized spacial score (nSPS) is 12.1. The number of aliphatic carboxylic acids is 1. The Morgan fingerprint density at radius 1 is 0.769 bits per heavy atom. The molecule has 0 bridgehead atoms. The number of carbonyl (C=O) groups is 7. The molecule has 0 aliphatic carbocycles. The number of carboxylic acids is 1. The van der Waals surface area contributed by atoms with Crippen molar-refractivity contribution in [2.24, 2.45) is 5.92 Å². The van der Waals surface area contributed by atoms with Crippen molar-refractivity contribution in [3.05, 3.63) is 0 Å². The largest absolute Gasteiger partial charge is 0.480 e. The van der Waals surface area contributed by atoms with Gasteiger partial charge in [0.05, 0.1) is 19.6 Å². The highest BCUT2D eigenvalue weighted by Gasteiger charge is 2.28. The summed E-state index contributed by atoms with van der Waals surface area (Å²) < 4.78 is 0. The lowest BCUT2D eigenvalue weighted by Crippen LogP contribution is -2.54. The fourth-order valence-electron chi connectivity index (χ4n) is 3.52. The number of nitrogens with zero attached hydrogens (tertiary/aromatic N) is 1. The Balaban J connectivity index is 5.10. The van der Waals surface area contributed by atoms with Crippen molar-refractivity contribution < 1.29 is 38.7 Å². The highest BCUT2D eigenvalue weighted by molar-refractivity contribution is 5.94. The zero-order valence-corrected chi connectivity index (χ0v) is 23.6. The molecule has 0 radical (unpaired) electrons. The molecule has 0 fully saturated rings.